The Kier molecular flexibility index (Phi) is 5.78. The molecular weight excluding hydrogens is 328 g/mol. The van der Waals surface area contributed by atoms with Gasteiger partial charge in [0.25, 0.3) is 5.95 Å². The molecule has 0 fully saturated rings. The van der Waals surface area contributed by atoms with E-state index >= 15 is 0 Å². The minimum absolute atomic E-state index is 0.367. The highest BCUT2D eigenvalue weighted by molar-refractivity contribution is 5.51. The van der Waals surface area contributed by atoms with E-state index in [2.05, 4.69) is 0 Å². The van der Waals surface area contributed by atoms with E-state index in [0.29, 0.717) is 17.4 Å². The molecule has 4 nitrogen and oxygen atoms in total. The van der Waals surface area contributed by atoms with Crippen LogP contribution in [0.2, 0.25) is 0 Å². The summed E-state index contributed by atoms with van der Waals surface area (Å²) in [6.07, 6.45) is 1.84. The van der Waals surface area contributed by atoms with Crippen LogP contribution in [0, 0.1) is 0 Å². The summed E-state index contributed by atoms with van der Waals surface area (Å²) in [4.78, 5) is 0. The first kappa shape index (κ1) is 17.4. The van der Waals surface area contributed by atoms with Gasteiger partial charge in [0.05, 0.1) is 14.2 Å². The van der Waals surface area contributed by atoms with Crippen LogP contribution in [-0.2, 0) is 0 Å². The van der Waals surface area contributed by atoms with E-state index in [1.165, 1.54) is 0 Å². The highest BCUT2D eigenvalue weighted by Gasteiger charge is 2.06. The van der Waals surface area contributed by atoms with Gasteiger partial charge in [-0.15, -0.1) is 0 Å². The average Bonchev–Trinajstić information content (AvgIpc) is 2.70. The van der Waals surface area contributed by atoms with E-state index in [-0.39, 0.29) is 0 Å². The molecule has 0 atom stereocenters. The molecule has 0 aromatic heterocycles. The zero-order valence-electron chi connectivity index (χ0n) is 14.7. The molecule has 0 saturated heterocycles. The molecule has 132 valence electrons. The second-order valence-corrected chi connectivity index (χ2v) is 5.43. The lowest BCUT2D eigenvalue weighted by atomic mass is 10.2. The molecule has 0 saturated carbocycles. The Labute approximate surface area is 153 Å². The SMILES string of the molecule is COc1ccc(OC(=Cc2ccccc2)Oc2ccc(OC)cc2)cc1. The average molecular weight is 348 g/mol. The van der Waals surface area contributed by atoms with Crippen LogP contribution in [0.3, 0.4) is 0 Å². The maximum atomic E-state index is 5.93. The molecule has 0 heterocycles. The summed E-state index contributed by atoms with van der Waals surface area (Å²) >= 11 is 0. The van der Waals surface area contributed by atoms with Crippen molar-refractivity contribution < 1.29 is 18.9 Å². The van der Waals surface area contributed by atoms with E-state index in [1.54, 1.807) is 14.2 Å². The minimum atomic E-state index is 0.367. The number of benzene rings is 3. The van der Waals surface area contributed by atoms with Crippen molar-refractivity contribution in [1.29, 1.82) is 0 Å². The molecule has 0 N–H and O–H groups in total. The van der Waals surface area contributed by atoms with Gasteiger partial charge in [0.1, 0.15) is 23.0 Å². The third-order valence-electron chi connectivity index (χ3n) is 3.64. The van der Waals surface area contributed by atoms with Gasteiger partial charge in [-0.1, -0.05) is 30.3 Å². The van der Waals surface area contributed by atoms with Gasteiger partial charge in [-0.05, 0) is 54.1 Å². The quantitative estimate of drug-likeness (QED) is 0.553. The van der Waals surface area contributed by atoms with Crippen molar-refractivity contribution in [1.82, 2.24) is 0 Å². The molecule has 0 aliphatic rings. The second kappa shape index (κ2) is 8.62. The molecule has 0 aliphatic heterocycles. The Morgan fingerprint density at radius 1 is 0.577 bits per heavy atom. The van der Waals surface area contributed by atoms with Gasteiger partial charge in [0.15, 0.2) is 0 Å². The van der Waals surface area contributed by atoms with Crippen LogP contribution in [0.15, 0.2) is 84.8 Å². The van der Waals surface area contributed by atoms with Crippen molar-refractivity contribution in [2.45, 2.75) is 0 Å². The highest BCUT2D eigenvalue weighted by Crippen LogP contribution is 2.24. The lowest BCUT2D eigenvalue weighted by Gasteiger charge is -2.12. The fraction of sp³-hybridized carbons (Fsp3) is 0.0909. The van der Waals surface area contributed by atoms with Crippen LogP contribution in [0.4, 0.5) is 0 Å². The third-order valence-corrected chi connectivity index (χ3v) is 3.64. The number of hydrogen-bond acceptors (Lipinski definition) is 4. The summed E-state index contributed by atoms with van der Waals surface area (Å²) in [5, 5.41) is 0. The molecule has 26 heavy (non-hydrogen) atoms. The third kappa shape index (κ3) is 4.80. The van der Waals surface area contributed by atoms with Crippen LogP contribution < -0.4 is 18.9 Å². The van der Waals surface area contributed by atoms with E-state index in [4.69, 9.17) is 18.9 Å². The number of rotatable bonds is 7. The van der Waals surface area contributed by atoms with E-state index in [9.17, 15) is 0 Å². The van der Waals surface area contributed by atoms with Gasteiger partial charge in [0, 0.05) is 6.08 Å². The first-order valence-electron chi connectivity index (χ1n) is 8.17. The maximum Gasteiger partial charge on any atom is 0.290 e. The van der Waals surface area contributed by atoms with E-state index in [1.807, 2.05) is 84.9 Å². The van der Waals surface area contributed by atoms with Crippen LogP contribution in [-0.4, -0.2) is 14.2 Å². The lowest BCUT2D eigenvalue weighted by molar-refractivity contribution is 0.231. The summed E-state index contributed by atoms with van der Waals surface area (Å²) in [6, 6.07) is 24.5. The standard InChI is InChI=1S/C22H20O4/c1-23-18-8-12-20(13-9-18)25-22(16-17-6-4-3-5-7-17)26-21-14-10-19(24-2)11-15-21/h3-16H,1-2H3. The van der Waals surface area contributed by atoms with Crippen LogP contribution in [0.1, 0.15) is 5.56 Å². The van der Waals surface area contributed by atoms with Crippen molar-refractivity contribution in [3.8, 4) is 23.0 Å². The molecule has 3 aromatic carbocycles. The molecule has 0 radical (unpaired) electrons. The molecular formula is C22H20O4. The smallest absolute Gasteiger partial charge is 0.290 e. The van der Waals surface area contributed by atoms with Crippen LogP contribution in [0.25, 0.3) is 6.08 Å². The van der Waals surface area contributed by atoms with Crippen molar-refractivity contribution >= 4 is 6.08 Å². The molecule has 0 spiro atoms. The number of ether oxygens (including phenoxy) is 4. The Morgan fingerprint density at radius 2 is 1.00 bits per heavy atom. The zero-order valence-corrected chi connectivity index (χ0v) is 14.7. The highest BCUT2D eigenvalue weighted by atomic mass is 16.7. The number of methoxy groups -OCH3 is 2. The van der Waals surface area contributed by atoms with Crippen molar-refractivity contribution in [3.63, 3.8) is 0 Å². The molecule has 3 aromatic rings. The topological polar surface area (TPSA) is 36.9 Å². The molecule has 4 heteroatoms. The Bertz CT molecular complexity index is 786. The summed E-state index contributed by atoms with van der Waals surface area (Å²) in [5.41, 5.74) is 0.976. The van der Waals surface area contributed by atoms with Crippen LogP contribution in [0.5, 0.6) is 23.0 Å². The van der Waals surface area contributed by atoms with Gasteiger partial charge in [-0.3, -0.25) is 0 Å². The first-order valence-corrected chi connectivity index (χ1v) is 8.17. The fourth-order valence-corrected chi connectivity index (χ4v) is 2.28. The van der Waals surface area contributed by atoms with Gasteiger partial charge in [-0.25, -0.2) is 0 Å². The Hall–Kier alpha value is -3.40. The zero-order chi connectivity index (χ0) is 18.2. The van der Waals surface area contributed by atoms with Gasteiger partial charge < -0.3 is 18.9 Å². The summed E-state index contributed by atoms with van der Waals surface area (Å²) in [5.74, 6) is 3.21. The summed E-state index contributed by atoms with van der Waals surface area (Å²) in [7, 11) is 3.26. The molecule has 0 aliphatic carbocycles. The van der Waals surface area contributed by atoms with Crippen molar-refractivity contribution in [3.05, 3.63) is 90.4 Å². The summed E-state index contributed by atoms with van der Waals surface area (Å²) < 4.78 is 22.2. The monoisotopic (exact) mass is 348 g/mol. The predicted octanol–water partition coefficient (Wildman–Crippen LogP) is 5.16. The number of hydrogen-bond donors (Lipinski definition) is 0. The normalized spacial score (nSPS) is 9.92. The van der Waals surface area contributed by atoms with E-state index in [0.717, 1.165) is 17.1 Å². The first-order chi connectivity index (χ1) is 12.8. The van der Waals surface area contributed by atoms with E-state index < -0.39 is 0 Å². The minimum Gasteiger partial charge on any atom is -0.497 e. The summed E-state index contributed by atoms with van der Waals surface area (Å²) in [6.45, 7) is 0. The fourth-order valence-electron chi connectivity index (χ4n) is 2.28. The van der Waals surface area contributed by atoms with Gasteiger partial charge in [0.2, 0.25) is 0 Å². The largest absolute Gasteiger partial charge is 0.497 e. The molecule has 0 bridgehead atoms. The Morgan fingerprint density at radius 3 is 1.42 bits per heavy atom. The molecule has 3 rings (SSSR count). The predicted molar refractivity (Wildman–Crippen MR) is 102 cm³/mol. The van der Waals surface area contributed by atoms with Crippen molar-refractivity contribution in [2.75, 3.05) is 14.2 Å². The van der Waals surface area contributed by atoms with Crippen molar-refractivity contribution in [2.24, 2.45) is 0 Å². The van der Waals surface area contributed by atoms with Gasteiger partial charge in [-0.2, -0.15) is 0 Å². The van der Waals surface area contributed by atoms with Gasteiger partial charge >= 0.3 is 0 Å². The van der Waals surface area contributed by atoms with Crippen LogP contribution >= 0.6 is 0 Å². The molecule has 0 unspecified atom stereocenters. The second-order valence-electron chi connectivity index (χ2n) is 5.43. The molecule has 0 amide bonds. The maximum absolute atomic E-state index is 5.93. The lowest BCUT2D eigenvalue weighted by Crippen LogP contribution is -2.04. The Balaban J connectivity index is 1.83.